The van der Waals surface area contributed by atoms with Crippen molar-refractivity contribution in [2.45, 2.75) is 25.4 Å². The molecule has 2 heterocycles. The lowest BCUT2D eigenvalue weighted by Crippen LogP contribution is -2.51. The topological polar surface area (TPSA) is 28.2 Å². The highest BCUT2D eigenvalue weighted by Crippen LogP contribution is 2.36. The Bertz CT molecular complexity index is 392. The molecule has 0 spiro atoms. The maximum Gasteiger partial charge on any atom is 0.0410 e. The molecule has 3 rings (SSSR count). The zero-order valence-corrected chi connectivity index (χ0v) is 11.5. The average Bonchev–Trinajstić information content (AvgIpc) is 3.14. The molecule has 1 unspecified atom stereocenters. The van der Waals surface area contributed by atoms with Crippen LogP contribution >= 0.6 is 15.9 Å². The van der Waals surface area contributed by atoms with Crippen LogP contribution in [0.3, 0.4) is 0 Å². The second-order valence-corrected chi connectivity index (χ2v) is 6.01. The van der Waals surface area contributed by atoms with Crippen LogP contribution in [0, 0.1) is 5.92 Å². The second kappa shape index (κ2) is 5.04. The zero-order valence-electron chi connectivity index (χ0n) is 9.90. The van der Waals surface area contributed by atoms with E-state index in [1.807, 2.05) is 12.4 Å². The molecule has 92 valence electrons. The van der Waals surface area contributed by atoms with Gasteiger partial charge in [-0.25, -0.2) is 0 Å². The first kappa shape index (κ1) is 11.6. The summed E-state index contributed by atoms with van der Waals surface area (Å²) in [6.07, 6.45) is 6.66. The van der Waals surface area contributed by atoms with Gasteiger partial charge in [0, 0.05) is 49.1 Å². The molecular formula is C13H18BrN3. The van der Waals surface area contributed by atoms with E-state index in [9.17, 15) is 0 Å². The molecule has 0 amide bonds. The molecule has 0 aromatic carbocycles. The molecule has 2 aliphatic rings. The summed E-state index contributed by atoms with van der Waals surface area (Å²) in [5.41, 5.74) is 1.31. The van der Waals surface area contributed by atoms with Crippen molar-refractivity contribution in [3.05, 3.63) is 28.5 Å². The van der Waals surface area contributed by atoms with E-state index in [1.165, 1.54) is 18.4 Å². The van der Waals surface area contributed by atoms with E-state index in [0.29, 0.717) is 0 Å². The summed E-state index contributed by atoms with van der Waals surface area (Å²) < 4.78 is 1.08. The summed E-state index contributed by atoms with van der Waals surface area (Å²) in [6.45, 7) is 4.47. The number of halogens is 1. The van der Waals surface area contributed by atoms with E-state index in [-0.39, 0.29) is 0 Å². The molecule has 0 bridgehead atoms. The fourth-order valence-corrected chi connectivity index (χ4v) is 3.10. The number of aromatic nitrogens is 1. The Hall–Kier alpha value is -0.450. The van der Waals surface area contributed by atoms with E-state index >= 15 is 0 Å². The van der Waals surface area contributed by atoms with Crippen molar-refractivity contribution in [1.29, 1.82) is 0 Å². The monoisotopic (exact) mass is 295 g/mol. The maximum absolute atomic E-state index is 4.25. The Morgan fingerprint density at radius 2 is 2.29 bits per heavy atom. The summed E-state index contributed by atoms with van der Waals surface area (Å²) >= 11 is 3.49. The van der Waals surface area contributed by atoms with Crippen LogP contribution in [-0.2, 0) is 6.54 Å². The van der Waals surface area contributed by atoms with Crippen LogP contribution in [0.2, 0.25) is 0 Å². The quantitative estimate of drug-likeness (QED) is 0.925. The van der Waals surface area contributed by atoms with E-state index < -0.39 is 0 Å². The van der Waals surface area contributed by atoms with Crippen LogP contribution in [-0.4, -0.2) is 35.6 Å². The Kier molecular flexibility index (Phi) is 3.45. The Labute approximate surface area is 111 Å². The SMILES string of the molecule is Brc1cncc(CN2CCNCC2C2CC2)c1. The van der Waals surface area contributed by atoms with Crippen molar-refractivity contribution in [1.82, 2.24) is 15.2 Å². The van der Waals surface area contributed by atoms with Gasteiger partial charge in [0.05, 0.1) is 0 Å². The largest absolute Gasteiger partial charge is 0.314 e. The van der Waals surface area contributed by atoms with Gasteiger partial charge in [0.25, 0.3) is 0 Å². The zero-order chi connectivity index (χ0) is 11.7. The predicted molar refractivity (Wildman–Crippen MR) is 71.7 cm³/mol. The van der Waals surface area contributed by atoms with E-state index in [2.05, 4.69) is 37.2 Å². The van der Waals surface area contributed by atoms with Crippen molar-refractivity contribution < 1.29 is 0 Å². The van der Waals surface area contributed by atoms with Crippen molar-refractivity contribution in [3.63, 3.8) is 0 Å². The van der Waals surface area contributed by atoms with Crippen LogP contribution in [0.1, 0.15) is 18.4 Å². The normalized spacial score (nSPS) is 26.1. The number of pyridine rings is 1. The van der Waals surface area contributed by atoms with Gasteiger partial charge in [-0.3, -0.25) is 9.88 Å². The lowest BCUT2D eigenvalue weighted by Gasteiger charge is -2.36. The summed E-state index contributed by atoms with van der Waals surface area (Å²) in [7, 11) is 0. The molecular weight excluding hydrogens is 278 g/mol. The molecule has 0 radical (unpaired) electrons. The first-order valence-corrected chi connectivity index (χ1v) is 7.16. The predicted octanol–water partition coefficient (Wildman–Crippen LogP) is 2.03. The Balaban J connectivity index is 1.69. The van der Waals surface area contributed by atoms with Crippen LogP contribution in [0.5, 0.6) is 0 Å². The van der Waals surface area contributed by atoms with Gasteiger partial charge in [0.1, 0.15) is 0 Å². The molecule has 3 nitrogen and oxygen atoms in total. The number of nitrogens with one attached hydrogen (secondary N) is 1. The number of nitrogens with zero attached hydrogens (tertiary/aromatic N) is 2. The lowest BCUT2D eigenvalue weighted by molar-refractivity contribution is 0.135. The molecule has 1 aromatic heterocycles. The van der Waals surface area contributed by atoms with Crippen molar-refractivity contribution in [2.24, 2.45) is 5.92 Å². The minimum atomic E-state index is 0.739. The standard InChI is InChI=1S/C13H18BrN3/c14-12-5-10(6-16-7-12)9-17-4-3-15-8-13(17)11-1-2-11/h5-7,11,13,15H,1-4,8-9H2. The summed E-state index contributed by atoms with van der Waals surface area (Å²) in [4.78, 5) is 6.87. The smallest absolute Gasteiger partial charge is 0.0410 e. The van der Waals surface area contributed by atoms with Crippen LogP contribution < -0.4 is 5.32 Å². The molecule has 1 saturated carbocycles. The number of rotatable bonds is 3. The maximum atomic E-state index is 4.25. The third kappa shape index (κ3) is 2.87. The van der Waals surface area contributed by atoms with Gasteiger partial charge >= 0.3 is 0 Å². The first-order valence-electron chi connectivity index (χ1n) is 6.37. The lowest BCUT2D eigenvalue weighted by atomic mass is 10.1. The number of piperazine rings is 1. The minimum absolute atomic E-state index is 0.739. The highest BCUT2D eigenvalue weighted by atomic mass is 79.9. The fourth-order valence-electron chi connectivity index (χ4n) is 2.69. The van der Waals surface area contributed by atoms with Crippen molar-refractivity contribution in [3.8, 4) is 0 Å². The van der Waals surface area contributed by atoms with Crippen molar-refractivity contribution in [2.75, 3.05) is 19.6 Å². The van der Waals surface area contributed by atoms with E-state index in [1.54, 1.807) is 0 Å². The first-order chi connectivity index (χ1) is 8.33. The Morgan fingerprint density at radius 1 is 1.41 bits per heavy atom. The van der Waals surface area contributed by atoms with Crippen LogP contribution in [0.4, 0.5) is 0 Å². The molecule has 1 aliphatic heterocycles. The molecule has 17 heavy (non-hydrogen) atoms. The third-order valence-electron chi connectivity index (χ3n) is 3.71. The summed E-state index contributed by atoms with van der Waals surface area (Å²) in [5.74, 6) is 0.933. The summed E-state index contributed by atoms with van der Waals surface area (Å²) in [6, 6.07) is 2.92. The van der Waals surface area contributed by atoms with Gasteiger partial charge < -0.3 is 5.32 Å². The molecule has 2 fully saturated rings. The van der Waals surface area contributed by atoms with Crippen LogP contribution in [0.25, 0.3) is 0 Å². The average molecular weight is 296 g/mol. The van der Waals surface area contributed by atoms with Crippen LogP contribution in [0.15, 0.2) is 22.9 Å². The van der Waals surface area contributed by atoms with Gasteiger partial charge in [0.15, 0.2) is 0 Å². The molecule has 1 saturated heterocycles. The highest BCUT2D eigenvalue weighted by molar-refractivity contribution is 9.10. The molecule has 1 N–H and O–H groups in total. The Morgan fingerprint density at radius 3 is 3.06 bits per heavy atom. The number of hydrogen-bond donors (Lipinski definition) is 1. The second-order valence-electron chi connectivity index (χ2n) is 5.09. The molecule has 4 heteroatoms. The molecule has 1 atom stereocenters. The highest BCUT2D eigenvalue weighted by Gasteiger charge is 2.36. The van der Waals surface area contributed by atoms with Gasteiger partial charge in [0.2, 0.25) is 0 Å². The fraction of sp³-hybridized carbons (Fsp3) is 0.615. The van der Waals surface area contributed by atoms with Gasteiger partial charge in [-0.05, 0) is 46.3 Å². The van der Waals surface area contributed by atoms with Gasteiger partial charge in [-0.2, -0.15) is 0 Å². The number of hydrogen-bond acceptors (Lipinski definition) is 3. The minimum Gasteiger partial charge on any atom is -0.314 e. The molecule has 1 aromatic rings. The van der Waals surface area contributed by atoms with E-state index in [4.69, 9.17) is 0 Å². The molecule has 1 aliphatic carbocycles. The van der Waals surface area contributed by atoms with Gasteiger partial charge in [-0.1, -0.05) is 0 Å². The summed E-state index contributed by atoms with van der Waals surface area (Å²) in [5, 5.41) is 3.52. The van der Waals surface area contributed by atoms with E-state index in [0.717, 1.165) is 42.6 Å². The van der Waals surface area contributed by atoms with Crippen molar-refractivity contribution >= 4 is 15.9 Å². The van der Waals surface area contributed by atoms with Gasteiger partial charge in [-0.15, -0.1) is 0 Å². The third-order valence-corrected chi connectivity index (χ3v) is 4.15.